The van der Waals surface area contributed by atoms with E-state index in [1.807, 2.05) is 13.8 Å². The van der Waals surface area contributed by atoms with E-state index < -0.39 is 22.9 Å². The summed E-state index contributed by atoms with van der Waals surface area (Å²) in [5, 5.41) is 27.7. The minimum atomic E-state index is -1.05. The Bertz CT molecular complexity index is 247. The van der Waals surface area contributed by atoms with E-state index in [0.29, 0.717) is 6.42 Å². The number of aliphatic hydroxyl groups excluding tert-OH is 3. The van der Waals surface area contributed by atoms with E-state index in [0.717, 1.165) is 0 Å². The first-order valence-corrected chi connectivity index (χ1v) is 5.74. The van der Waals surface area contributed by atoms with Crippen molar-refractivity contribution in [3.63, 3.8) is 0 Å². The second kappa shape index (κ2) is 6.33. The number of hydrogen-bond acceptors (Lipinski definition) is 5. The number of aliphatic hydroxyl groups is 3. The van der Waals surface area contributed by atoms with Crippen LogP contribution in [0.15, 0.2) is 0 Å². The SMILES string of the molecule is CC(C)(CO)CC(O)C(C)(C)C(=O)OCCO. The highest BCUT2D eigenvalue weighted by molar-refractivity contribution is 5.76. The van der Waals surface area contributed by atoms with Gasteiger partial charge < -0.3 is 20.1 Å². The molecule has 0 aromatic carbocycles. The zero-order chi connectivity index (χ0) is 13.7. The number of carbonyl (C=O) groups is 1. The number of ether oxygens (including phenoxy) is 1. The van der Waals surface area contributed by atoms with Gasteiger partial charge in [-0.2, -0.15) is 0 Å². The molecule has 0 aliphatic rings. The third-order valence-corrected chi connectivity index (χ3v) is 2.86. The molecule has 0 aromatic rings. The van der Waals surface area contributed by atoms with Gasteiger partial charge in [0.05, 0.1) is 18.1 Å². The molecular formula is C12H24O5. The molecular weight excluding hydrogens is 224 g/mol. The molecule has 5 heteroatoms. The molecule has 0 bridgehead atoms. The normalized spacial score (nSPS) is 14.5. The summed E-state index contributed by atoms with van der Waals surface area (Å²) in [4.78, 5) is 11.7. The lowest BCUT2D eigenvalue weighted by molar-refractivity contribution is -0.163. The fraction of sp³-hybridized carbons (Fsp3) is 0.917. The van der Waals surface area contributed by atoms with E-state index in [4.69, 9.17) is 14.9 Å². The number of hydrogen-bond donors (Lipinski definition) is 3. The summed E-state index contributed by atoms with van der Waals surface area (Å²) in [5.74, 6) is -0.548. The van der Waals surface area contributed by atoms with Crippen LogP contribution in [0, 0.1) is 10.8 Å². The quantitative estimate of drug-likeness (QED) is 0.565. The molecule has 0 heterocycles. The van der Waals surface area contributed by atoms with E-state index in [-0.39, 0.29) is 19.8 Å². The van der Waals surface area contributed by atoms with Crippen LogP contribution in [0.5, 0.6) is 0 Å². The molecule has 3 N–H and O–H groups in total. The monoisotopic (exact) mass is 248 g/mol. The van der Waals surface area contributed by atoms with Gasteiger partial charge in [0.25, 0.3) is 0 Å². The second-order valence-electron chi connectivity index (χ2n) is 5.62. The number of rotatable bonds is 7. The van der Waals surface area contributed by atoms with Crippen LogP contribution in [-0.2, 0) is 9.53 Å². The lowest BCUT2D eigenvalue weighted by Gasteiger charge is -2.33. The summed E-state index contributed by atoms with van der Waals surface area (Å²) in [6, 6.07) is 0. The lowest BCUT2D eigenvalue weighted by atomic mass is 9.77. The first kappa shape index (κ1) is 16.4. The Kier molecular flexibility index (Phi) is 6.09. The van der Waals surface area contributed by atoms with Crippen LogP contribution in [0.25, 0.3) is 0 Å². The van der Waals surface area contributed by atoms with Crippen molar-refractivity contribution in [1.82, 2.24) is 0 Å². The molecule has 0 aromatic heterocycles. The maximum Gasteiger partial charge on any atom is 0.314 e. The predicted octanol–water partition coefficient (Wildman–Crippen LogP) is 0.318. The van der Waals surface area contributed by atoms with Gasteiger partial charge >= 0.3 is 5.97 Å². The molecule has 0 spiro atoms. The molecule has 0 saturated heterocycles. The van der Waals surface area contributed by atoms with Crippen molar-refractivity contribution in [2.75, 3.05) is 19.8 Å². The van der Waals surface area contributed by atoms with Gasteiger partial charge in [-0.05, 0) is 25.7 Å². The molecule has 1 unspecified atom stereocenters. The summed E-state index contributed by atoms with van der Waals surface area (Å²) in [7, 11) is 0. The highest BCUT2D eigenvalue weighted by Crippen LogP contribution is 2.32. The van der Waals surface area contributed by atoms with Crippen LogP contribution in [0.3, 0.4) is 0 Å². The fourth-order valence-electron chi connectivity index (χ4n) is 1.30. The lowest BCUT2D eigenvalue weighted by Crippen LogP contribution is -2.42. The Morgan fingerprint density at radius 2 is 1.76 bits per heavy atom. The average molecular weight is 248 g/mol. The Balaban J connectivity index is 4.53. The van der Waals surface area contributed by atoms with Crippen molar-refractivity contribution >= 4 is 5.97 Å². The number of carbonyl (C=O) groups excluding carboxylic acids is 1. The van der Waals surface area contributed by atoms with E-state index in [1.54, 1.807) is 13.8 Å². The van der Waals surface area contributed by atoms with Crippen LogP contribution < -0.4 is 0 Å². The van der Waals surface area contributed by atoms with E-state index in [2.05, 4.69) is 0 Å². The minimum absolute atomic E-state index is 0.0637. The van der Waals surface area contributed by atoms with Gasteiger partial charge in [-0.15, -0.1) is 0 Å². The van der Waals surface area contributed by atoms with Gasteiger partial charge in [0.15, 0.2) is 0 Å². The Morgan fingerprint density at radius 1 is 1.24 bits per heavy atom. The standard InChI is InChI=1S/C12H24O5/c1-11(2,8-14)7-9(15)12(3,4)10(16)17-6-5-13/h9,13-15H,5-8H2,1-4H3. The van der Waals surface area contributed by atoms with E-state index in [9.17, 15) is 9.90 Å². The summed E-state index contributed by atoms with van der Waals surface area (Å²) >= 11 is 0. The molecule has 102 valence electrons. The van der Waals surface area contributed by atoms with Crippen molar-refractivity contribution in [2.45, 2.75) is 40.2 Å². The molecule has 0 amide bonds. The highest BCUT2D eigenvalue weighted by atomic mass is 16.5. The summed E-state index contributed by atoms with van der Waals surface area (Å²) < 4.78 is 4.81. The molecule has 0 saturated carbocycles. The fourth-order valence-corrected chi connectivity index (χ4v) is 1.30. The summed E-state index contributed by atoms with van der Waals surface area (Å²) in [6.07, 6.45) is -0.610. The van der Waals surface area contributed by atoms with Crippen LogP contribution in [0.4, 0.5) is 0 Å². The van der Waals surface area contributed by atoms with Gasteiger partial charge in [0, 0.05) is 6.61 Å². The largest absolute Gasteiger partial charge is 0.463 e. The van der Waals surface area contributed by atoms with Crippen LogP contribution in [0.2, 0.25) is 0 Å². The Morgan fingerprint density at radius 3 is 2.18 bits per heavy atom. The van der Waals surface area contributed by atoms with Crippen molar-refractivity contribution < 1.29 is 24.9 Å². The molecule has 1 atom stereocenters. The van der Waals surface area contributed by atoms with Gasteiger partial charge in [-0.3, -0.25) is 4.79 Å². The maximum absolute atomic E-state index is 11.7. The van der Waals surface area contributed by atoms with Crippen molar-refractivity contribution in [1.29, 1.82) is 0 Å². The molecule has 0 aliphatic carbocycles. The molecule has 0 aliphatic heterocycles. The summed E-state index contributed by atoms with van der Waals surface area (Å²) in [6.45, 7) is 6.43. The first-order chi connectivity index (χ1) is 7.67. The maximum atomic E-state index is 11.7. The smallest absolute Gasteiger partial charge is 0.314 e. The van der Waals surface area contributed by atoms with Gasteiger partial charge in [0.2, 0.25) is 0 Å². The Hall–Kier alpha value is -0.650. The van der Waals surface area contributed by atoms with Crippen molar-refractivity contribution in [3.8, 4) is 0 Å². The van der Waals surface area contributed by atoms with E-state index in [1.165, 1.54) is 0 Å². The van der Waals surface area contributed by atoms with Crippen molar-refractivity contribution in [3.05, 3.63) is 0 Å². The minimum Gasteiger partial charge on any atom is -0.463 e. The third-order valence-electron chi connectivity index (χ3n) is 2.86. The predicted molar refractivity (Wildman–Crippen MR) is 63.3 cm³/mol. The second-order valence-corrected chi connectivity index (χ2v) is 5.62. The zero-order valence-electron chi connectivity index (χ0n) is 11.1. The summed E-state index contributed by atoms with van der Waals surface area (Å²) in [5.41, 5.74) is -1.50. The van der Waals surface area contributed by atoms with Crippen LogP contribution in [-0.4, -0.2) is 47.2 Å². The first-order valence-electron chi connectivity index (χ1n) is 5.74. The van der Waals surface area contributed by atoms with Gasteiger partial charge in [-0.25, -0.2) is 0 Å². The van der Waals surface area contributed by atoms with Crippen molar-refractivity contribution in [2.24, 2.45) is 10.8 Å². The van der Waals surface area contributed by atoms with Gasteiger partial charge in [-0.1, -0.05) is 13.8 Å². The van der Waals surface area contributed by atoms with E-state index >= 15 is 0 Å². The average Bonchev–Trinajstić information content (AvgIpc) is 2.25. The van der Waals surface area contributed by atoms with Crippen LogP contribution in [0.1, 0.15) is 34.1 Å². The molecule has 0 fully saturated rings. The van der Waals surface area contributed by atoms with Crippen LogP contribution >= 0.6 is 0 Å². The number of esters is 1. The topological polar surface area (TPSA) is 87.0 Å². The zero-order valence-corrected chi connectivity index (χ0v) is 11.1. The molecule has 5 nitrogen and oxygen atoms in total. The van der Waals surface area contributed by atoms with Gasteiger partial charge in [0.1, 0.15) is 6.61 Å². The highest BCUT2D eigenvalue weighted by Gasteiger charge is 2.39. The molecule has 0 radical (unpaired) electrons. The molecule has 0 rings (SSSR count). The molecule has 17 heavy (non-hydrogen) atoms. The Labute approximate surface area is 102 Å². The third kappa shape index (κ3) is 5.02.